The zero-order chi connectivity index (χ0) is 18.4. The van der Waals surface area contributed by atoms with Gasteiger partial charge in [-0.3, -0.25) is 4.79 Å². The zero-order valence-corrected chi connectivity index (χ0v) is 15.4. The summed E-state index contributed by atoms with van der Waals surface area (Å²) in [4.78, 5) is 26.0. The molecule has 2 aromatic rings. The number of methoxy groups -OCH3 is 2. The van der Waals surface area contributed by atoms with Crippen molar-refractivity contribution in [1.82, 2.24) is 0 Å². The minimum absolute atomic E-state index is 0.206. The third-order valence-corrected chi connectivity index (χ3v) is 4.49. The van der Waals surface area contributed by atoms with Gasteiger partial charge in [0.05, 0.1) is 14.2 Å². The number of ether oxygens (including phenoxy) is 3. The van der Waals surface area contributed by atoms with Crippen molar-refractivity contribution in [3.05, 3.63) is 51.2 Å². The highest BCUT2D eigenvalue weighted by atomic mass is 32.1. The molecule has 25 heavy (non-hydrogen) atoms. The number of hydrogen-bond donors (Lipinski definition) is 0. The summed E-state index contributed by atoms with van der Waals surface area (Å²) >= 11 is 1.55. The van der Waals surface area contributed by atoms with E-state index in [1.165, 1.54) is 6.08 Å². The van der Waals surface area contributed by atoms with Crippen LogP contribution in [0.5, 0.6) is 11.5 Å². The van der Waals surface area contributed by atoms with Crippen molar-refractivity contribution < 1.29 is 23.8 Å². The van der Waals surface area contributed by atoms with Gasteiger partial charge in [0.15, 0.2) is 6.61 Å². The first-order valence-electron chi connectivity index (χ1n) is 7.61. The summed E-state index contributed by atoms with van der Waals surface area (Å²) in [5, 5.41) is 0. The molecule has 0 spiro atoms. The molecular formula is C19H20O5S. The molecular weight excluding hydrogens is 340 g/mol. The van der Waals surface area contributed by atoms with Crippen molar-refractivity contribution >= 4 is 29.2 Å². The number of esters is 1. The summed E-state index contributed by atoms with van der Waals surface area (Å²) in [6, 6.07) is 7.06. The van der Waals surface area contributed by atoms with Crippen molar-refractivity contribution in [2.75, 3.05) is 20.8 Å². The third-order valence-electron chi connectivity index (χ3n) is 3.52. The standard InChI is InChI=1S/C19H20O5S/c1-12-9-16(13(2)25-12)17(20)11-24-19(21)8-5-14-10-15(22-3)6-7-18(14)23-4/h5-10H,11H2,1-4H3/b8-5+. The van der Waals surface area contributed by atoms with E-state index in [9.17, 15) is 9.59 Å². The van der Waals surface area contributed by atoms with E-state index in [0.29, 0.717) is 22.6 Å². The SMILES string of the molecule is COc1ccc(OC)c(/C=C/C(=O)OCC(=O)c2cc(C)sc2C)c1. The fourth-order valence-electron chi connectivity index (χ4n) is 2.30. The first-order valence-corrected chi connectivity index (χ1v) is 8.43. The molecule has 0 saturated heterocycles. The topological polar surface area (TPSA) is 61.8 Å². The molecule has 0 bridgehead atoms. The minimum atomic E-state index is -0.595. The second-order valence-corrected chi connectivity index (χ2v) is 6.76. The average Bonchev–Trinajstić information content (AvgIpc) is 2.95. The Hall–Kier alpha value is -2.60. The molecule has 1 aromatic carbocycles. The number of thiophene rings is 1. The highest BCUT2D eigenvalue weighted by molar-refractivity contribution is 7.12. The highest BCUT2D eigenvalue weighted by Crippen LogP contribution is 2.25. The summed E-state index contributed by atoms with van der Waals surface area (Å²) < 4.78 is 15.4. The predicted molar refractivity (Wildman–Crippen MR) is 97.7 cm³/mol. The molecule has 0 aliphatic rings. The van der Waals surface area contributed by atoms with Crippen LogP contribution in [-0.4, -0.2) is 32.6 Å². The van der Waals surface area contributed by atoms with E-state index >= 15 is 0 Å². The van der Waals surface area contributed by atoms with Gasteiger partial charge < -0.3 is 14.2 Å². The molecule has 0 unspecified atom stereocenters. The van der Waals surface area contributed by atoms with Gasteiger partial charge >= 0.3 is 5.97 Å². The van der Waals surface area contributed by atoms with E-state index < -0.39 is 5.97 Å². The highest BCUT2D eigenvalue weighted by Gasteiger charge is 2.13. The Morgan fingerprint density at radius 2 is 1.88 bits per heavy atom. The number of hydrogen-bond acceptors (Lipinski definition) is 6. The van der Waals surface area contributed by atoms with Crippen LogP contribution in [0.2, 0.25) is 0 Å². The summed E-state index contributed by atoms with van der Waals surface area (Å²) in [5.41, 5.74) is 1.28. The van der Waals surface area contributed by atoms with Crippen LogP contribution in [0.3, 0.4) is 0 Å². The van der Waals surface area contributed by atoms with Crippen LogP contribution in [0.1, 0.15) is 25.7 Å². The molecule has 6 heteroatoms. The van der Waals surface area contributed by atoms with Gasteiger partial charge in [-0.1, -0.05) is 0 Å². The lowest BCUT2D eigenvalue weighted by atomic mass is 10.1. The minimum Gasteiger partial charge on any atom is -0.497 e. The summed E-state index contributed by atoms with van der Waals surface area (Å²) in [6.07, 6.45) is 2.82. The maximum absolute atomic E-state index is 12.1. The van der Waals surface area contributed by atoms with Crippen molar-refractivity contribution in [1.29, 1.82) is 0 Å². The van der Waals surface area contributed by atoms with Crippen molar-refractivity contribution in [3.63, 3.8) is 0 Å². The van der Waals surface area contributed by atoms with Crippen LogP contribution in [0.4, 0.5) is 0 Å². The molecule has 0 saturated carbocycles. The number of benzene rings is 1. The smallest absolute Gasteiger partial charge is 0.331 e. The van der Waals surface area contributed by atoms with Gasteiger partial charge in [-0.15, -0.1) is 11.3 Å². The molecule has 0 fully saturated rings. The molecule has 0 radical (unpaired) electrons. The lowest BCUT2D eigenvalue weighted by Crippen LogP contribution is -2.12. The van der Waals surface area contributed by atoms with E-state index in [1.54, 1.807) is 49.8 Å². The van der Waals surface area contributed by atoms with Crippen molar-refractivity contribution in [2.24, 2.45) is 0 Å². The van der Waals surface area contributed by atoms with Gasteiger partial charge in [-0.05, 0) is 44.2 Å². The van der Waals surface area contributed by atoms with Gasteiger partial charge in [0.1, 0.15) is 11.5 Å². The van der Waals surface area contributed by atoms with Crippen LogP contribution in [0.15, 0.2) is 30.3 Å². The van der Waals surface area contributed by atoms with Crippen LogP contribution >= 0.6 is 11.3 Å². The molecule has 1 aromatic heterocycles. The van der Waals surface area contributed by atoms with Crippen LogP contribution in [0, 0.1) is 13.8 Å². The normalized spacial score (nSPS) is 10.7. The number of Topliss-reactive ketones (excluding diaryl/α,β-unsaturated/α-hetero) is 1. The Kier molecular flexibility index (Phi) is 6.36. The second-order valence-electron chi connectivity index (χ2n) is 5.30. The fourth-order valence-corrected chi connectivity index (χ4v) is 3.24. The molecule has 1 heterocycles. The maximum atomic E-state index is 12.1. The van der Waals surface area contributed by atoms with E-state index in [0.717, 1.165) is 9.75 Å². The average molecular weight is 360 g/mol. The molecule has 0 N–H and O–H groups in total. The Morgan fingerprint density at radius 1 is 1.12 bits per heavy atom. The van der Waals surface area contributed by atoms with Crippen LogP contribution in [0.25, 0.3) is 6.08 Å². The van der Waals surface area contributed by atoms with Gasteiger partial charge in [0, 0.05) is 27.0 Å². The first kappa shape index (κ1) is 18.7. The molecule has 132 valence electrons. The Morgan fingerprint density at radius 3 is 2.48 bits per heavy atom. The van der Waals surface area contributed by atoms with Crippen molar-refractivity contribution in [3.8, 4) is 11.5 Å². The summed E-state index contributed by atoms with van der Waals surface area (Å²) in [5.74, 6) is 0.447. The summed E-state index contributed by atoms with van der Waals surface area (Å²) in [6.45, 7) is 3.53. The Bertz CT molecular complexity index is 804. The van der Waals surface area contributed by atoms with Crippen molar-refractivity contribution in [2.45, 2.75) is 13.8 Å². The second kappa shape index (κ2) is 8.48. The Balaban J connectivity index is 1.99. The van der Waals surface area contributed by atoms with E-state index in [2.05, 4.69) is 0 Å². The lowest BCUT2D eigenvalue weighted by molar-refractivity contribution is -0.136. The predicted octanol–water partition coefficient (Wildman–Crippen LogP) is 3.82. The fraction of sp³-hybridized carbons (Fsp3) is 0.263. The molecule has 5 nitrogen and oxygen atoms in total. The summed E-state index contributed by atoms with van der Waals surface area (Å²) in [7, 11) is 3.10. The zero-order valence-electron chi connectivity index (χ0n) is 14.6. The van der Waals surface area contributed by atoms with Gasteiger partial charge in [0.2, 0.25) is 5.78 Å². The largest absolute Gasteiger partial charge is 0.497 e. The van der Waals surface area contributed by atoms with E-state index in [1.807, 2.05) is 19.9 Å². The monoisotopic (exact) mass is 360 g/mol. The van der Waals surface area contributed by atoms with Gasteiger partial charge in [0.25, 0.3) is 0 Å². The molecule has 2 rings (SSSR count). The van der Waals surface area contributed by atoms with Gasteiger partial charge in [-0.25, -0.2) is 4.79 Å². The Labute approximate surface area is 150 Å². The third kappa shape index (κ3) is 4.93. The van der Waals surface area contributed by atoms with Gasteiger partial charge in [-0.2, -0.15) is 0 Å². The van der Waals surface area contributed by atoms with Crippen LogP contribution in [-0.2, 0) is 9.53 Å². The quantitative estimate of drug-likeness (QED) is 0.427. The molecule has 0 amide bonds. The number of ketones is 1. The van der Waals surface area contributed by atoms with E-state index in [-0.39, 0.29) is 12.4 Å². The number of carbonyl (C=O) groups excluding carboxylic acids is 2. The first-order chi connectivity index (χ1) is 11.9. The number of carbonyl (C=O) groups is 2. The molecule has 0 atom stereocenters. The van der Waals surface area contributed by atoms with Crippen LogP contribution < -0.4 is 9.47 Å². The molecule has 0 aliphatic carbocycles. The number of aryl methyl sites for hydroxylation is 2. The van der Waals surface area contributed by atoms with E-state index in [4.69, 9.17) is 14.2 Å². The lowest BCUT2D eigenvalue weighted by Gasteiger charge is -2.07. The maximum Gasteiger partial charge on any atom is 0.331 e. The number of rotatable bonds is 7. The molecule has 0 aliphatic heterocycles.